The Morgan fingerprint density at radius 3 is 2.25 bits per heavy atom. The van der Waals surface area contributed by atoms with Gasteiger partial charge in [0, 0.05) is 39.1 Å². The van der Waals surface area contributed by atoms with E-state index in [1.165, 1.54) is 4.68 Å². The molecule has 0 amide bonds. The molecule has 0 radical (unpaired) electrons. The average Bonchev–Trinajstić information content (AvgIpc) is 3.21. The summed E-state index contributed by atoms with van der Waals surface area (Å²) in [5.74, 6) is 0. The molecular weight excluding hydrogens is 404 g/mol. The fourth-order valence-electron chi connectivity index (χ4n) is 4.05. The SMILES string of the molecule is CCN(CC)c1cc2c(cc1N=Cc1c(C)[nH]n(-c3ccccc3)c1=O)n(C)c(=O)n2C. The van der Waals surface area contributed by atoms with Gasteiger partial charge in [-0.3, -0.25) is 24.0 Å². The first kappa shape index (κ1) is 21.4. The molecule has 0 atom stereocenters. The van der Waals surface area contributed by atoms with Gasteiger partial charge in [-0.25, -0.2) is 9.48 Å². The molecule has 0 fully saturated rings. The lowest BCUT2D eigenvalue weighted by Crippen LogP contribution is -2.22. The van der Waals surface area contributed by atoms with Crippen LogP contribution in [0.4, 0.5) is 11.4 Å². The molecule has 0 saturated heterocycles. The van der Waals surface area contributed by atoms with Crippen LogP contribution >= 0.6 is 0 Å². The molecule has 4 aromatic rings. The molecule has 0 aliphatic heterocycles. The number of aliphatic imine (C=N–C) groups is 1. The zero-order valence-corrected chi connectivity index (χ0v) is 19.1. The smallest absolute Gasteiger partial charge is 0.328 e. The zero-order chi connectivity index (χ0) is 23.0. The number of aromatic amines is 1. The van der Waals surface area contributed by atoms with Gasteiger partial charge in [-0.1, -0.05) is 18.2 Å². The minimum atomic E-state index is -0.157. The van der Waals surface area contributed by atoms with Gasteiger partial charge in [-0.05, 0) is 45.0 Å². The van der Waals surface area contributed by atoms with Crippen LogP contribution in [0, 0.1) is 6.92 Å². The summed E-state index contributed by atoms with van der Waals surface area (Å²) in [6, 6.07) is 13.4. The predicted molar refractivity (Wildman–Crippen MR) is 130 cm³/mol. The van der Waals surface area contributed by atoms with E-state index in [4.69, 9.17) is 4.99 Å². The van der Waals surface area contributed by atoms with E-state index in [0.717, 1.165) is 41.2 Å². The second-order valence-corrected chi connectivity index (χ2v) is 7.79. The second-order valence-electron chi connectivity index (χ2n) is 7.79. The average molecular weight is 433 g/mol. The van der Waals surface area contributed by atoms with Crippen LogP contribution in [0.5, 0.6) is 0 Å². The van der Waals surface area contributed by atoms with Crippen LogP contribution < -0.4 is 16.1 Å². The molecule has 0 spiro atoms. The number of hydrogen-bond acceptors (Lipinski definition) is 4. The number of H-pyrrole nitrogens is 1. The first-order valence-corrected chi connectivity index (χ1v) is 10.7. The summed E-state index contributed by atoms with van der Waals surface area (Å²) >= 11 is 0. The van der Waals surface area contributed by atoms with E-state index >= 15 is 0 Å². The fraction of sp³-hybridized carbons (Fsp3) is 0.292. The van der Waals surface area contributed by atoms with Gasteiger partial charge in [0.2, 0.25) is 0 Å². The standard InChI is InChI=1S/C24H28N6O2/c1-6-29(7-2)20-14-22-21(27(4)24(32)28(22)5)13-19(20)25-15-18-16(3)26-30(23(18)31)17-11-9-8-10-12-17/h8-15,26H,6-7H2,1-5H3. The number of aryl methyl sites for hydroxylation is 3. The summed E-state index contributed by atoms with van der Waals surface area (Å²) in [5, 5.41) is 3.13. The van der Waals surface area contributed by atoms with E-state index in [1.807, 2.05) is 49.4 Å². The van der Waals surface area contributed by atoms with Crippen LogP contribution in [-0.2, 0) is 14.1 Å². The number of rotatable bonds is 6. The third-order valence-corrected chi connectivity index (χ3v) is 5.94. The Morgan fingerprint density at radius 1 is 1.00 bits per heavy atom. The van der Waals surface area contributed by atoms with Crippen molar-refractivity contribution < 1.29 is 0 Å². The molecule has 2 aromatic heterocycles. The summed E-state index contributed by atoms with van der Waals surface area (Å²) in [6.45, 7) is 7.63. The van der Waals surface area contributed by atoms with Gasteiger partial charge in [0.25, 0.3) is 5.56 Å². The number of anilines is 1. The number of hydrogen-bond donors (Lipinski definition) is 1. The maximum atomic E-state index is 13.0. The van der Waals surface area contributed by atoms with Gasteiger partial charge in [0.05, 0.1) is 33.7 Å². The van der Waals surface area contributed by atoms with E-state index in [-0.39, 0.29) is 11.2 Å². The number of fused-ring (bicyclic) bond motifs is 1. The summed E-state index contributed by atoms with van der Waals surface area (Å²) < 4.78 is 4.78. The lowest BCUT2D eigenvalue weighted by molar-refractivity contribution is 0.795. The highest BCUT2D eigenvalue weighted by Crippen LogP contribution is 2.33. The van der Waals surface area contributed by atoms with Gasteiger partial charge in [-0.15, -0.1) is 0 Å². The van der Waals surface area contributed by atoms with Crippen LogP contribution in [0.1, 0.15) is 25.1 Å². The highest BCUT2D eigenvalue weighted by molar-refractivity contribution is 5.91. The van der Waals surface area contributed by atoms with Crippen molar-refractivity contribution in [3.63, 3.8) is 0 Å². The fourth-order valence-corrected chi connectivity index (χ4v) is 4.05. The highest BCUT2D eigenvalue weighted by atomic mass is 16.1. The third-order valence-electron chi connectivity index (χ3n) is 5.94. The molecule has 4 rings (SSSR count). The van der Waals surface area contributed by atoms with Crippen molar-refractivity contribution in [3.8, 4) is 5.69 Å². The Bertz CT molecular complexity index is 1410. The predicted octanol–water partition coefficient (Wildman–Crippen LogP) is 3.26. The van der Waals surface area contributed by atoms with Crippen molar-refractivity contribution in [1.29, 1.82) is 0 Å². The maximum Gasteiger partial charge on any atom is 0.328 e. The Morgan fingerprint density at radius 2 is 1.62 bits per heavy atom. The van der Waals surface area contributed by atoms with Gasteiger partial charge < -0.3 is 4.90 Å². The van der Waals surface area contributed by atoms with E-state index < -0.39 is 0 Å². The van der Waals surface area contributed by atoms with Gasteiger partial charge in [0.15, 0.2) is 0 Å². The first-order valence-electron chi connectivity index (χ1n) is 10.7. The number of nitrogens with zero attached hydrogens (tertiary/aromatic N) is 5. The Labute approximate surface area is 186 Å². The Hall–Kier alpha value is -3.81. The van der Waals surface area contributed by atoms with Crippen LogP contribution in [0.2, 0.25) is 0 Å². The summed E-state index contributed by atoms with van der Waals surface area (Å²) in [7, 11) is 3.53. The molecule has 0 aliphatic carbocycles. The number of para-hydroxylation sites is 1. The van der Waals surface area contributed by atoms with Gasteiger partial charge in [0.1, 0.15) is 0 Å². The zero-order valence-electron chi connectivity index (χ0n) is 19.1. The first-order chi connectivity index (χ1) is 15.4. The Kier molecular flexibility index (Phi) is 5.61. The van der Waals surface area contributed by atoms with Crippen LogP contribution in [0.15, 0.2) is 57.0 Å². The summed E-state index contributed by atoms with van der Waals surface area (Å²) in [5.41, 5.74) is 5.06. The number of nitrogens with one attached hydrogen (secondary N) is 1. The molecule has 1 N–H and O–H groups in total. The quantitative estimate of drug-likeness (QED) is 0.475. The van der Waals surface area contributed by atoms with Crippen molar-refractivity contribution in [3.05, 3.63) is 74.6 Å². The lowest BCUT2D eigenvalue weighted by Gasteiger charge is -2.23. The van der Waals surface area contributed by atoms with Crippen LogP contribution in [-0.4, -0.2) is 38.2 Å². The molecule has 32 heavy (non-hydrogen) atoms. The molecular formula is C24H28N6O2. The molecule has 2 aromatic carbocycles. The Balaban J connectivity index is 1.86. The molecule has 0 unspecified atom stereocenters. The molecule has 0 bridgehead atoms. The van der Waals surface area contributed by atoms with Gasteiger partial charge >= 0.3 is 5.69 Å². The van der Waals surface area contributed by atoms with Crippen molar-refractivity contribution >= 4 is 28.6 Å². The van der Waals surface area contributed by atoms with E-state index in [1.54, 1.807) is 29.4 Å². The van der Waals surface area contributed by atoms with E-state index in [0.29, 0.717) is 11.3 Å². The largest absolute Gasteiger partial charge is 0.370 e. The highest BCUT2D eigenvalue weighted by Gasteiger charge is 2.16. The summed E-state index contributed by atoms with van der Waals surface area (Å²) in [6.07, 6.45) is 1.61. The molecule has 2 heterocycles. The van der Waals surface area contributed by atoms with Crippen LogP contribution in [0.25, 0.3) is 16.7 Å². The van der Waals surface area contributed by atoms with Crippen molar-refractivity contribution in [2.24, 2.45) is 19.1 Å². The monoisotopic (exact) mass is 432 g/mol. The molecule has 8 nitrogen and oxygen atoms in total. The van der Waals surface area contributed by atoms with E-state index in [9.17, 15) is 9.59 Å². The maximum absolute atomic E-state index is 13.0. The number of imidazole rings is 1. The van der Waals surface area contributed by atoms with Gasteiger partial charge in [-0.2, -0.15) is 0 Å². The third kappa shape index (κ3) is 3.47. The minimum absolute atomic E-state index is 0.0844. The topological polar surface area (TPSA) is 80.3 Å². The van der Waals surface area contributed by atoms with Crippen molar-refractivity contribution in [2.45, 2.75) is 20.8 Å². The number of aromatic nitrogens is 4. The second kappa shape index (κ2) is 8.37. The van der Waals surface area contributed by atoms with E-state index in [2.05, 4.69) is 23.8 Å². The minimum Gasteiger partial charge on any atom is -0.370 e. The lowest BCUT2D eigenvalue weighted by atomic mass is 10.2. The molecule has 166 valence electrons. The molecule has 0 saturated carbocycles. The molecule has 0 aliphatic rings. The van der Waals surface area contributed by atoms with Crippen molar-refractivity contribution in [2.75, 3.05) is 18.0 Å². The molecule has 8 heteroatoms. The normalized spacial score (nSPS) is 11.7. The van der Waals surface area contributed by atoms with Crippen molar-refractivity contribution in [1.82, 2.24) is 18.9 Å². The number of benzene rings is 2. The summed E-state index contributed by atoms with van der Waals surface area (Å²) in [4.78, 5) is 32.4. The van der Waals surface area contributed by atoms with Crippen LogP contribution in [0.3, 0.4) is 0 Å².